The van der Waals surface area contributed by atoms with Crippen LogP contribution in [0, 0.1) is 5.92 Å². The average Bonchev–Trinajstić information content (AvgIpc) is 3.19. The molecule has 0 aliphatic carbocycles. The van der Waals surface area contributed by atoms with Crippen molar-refractivity contribution < 1.29 is 12.8 Å². The summed E-state index contributed by atoms with van der Waals surface area (Å²) in [5.41, 5.74) is 0.547. The zero-order chi connectivity index (χ0) is 19.7. The SMILES string of the molecule is CC(C)C[C@@H](NS(=O)(=O)c1cc2ccccc2o1)c1nnc2n1CCNCC2. The van der Waals surface area contributed by atoms with Crippen molar-refractivity contribution in [2.75, 3.05) is 13.1 Å². The monoisotopic (exact) mass is 403 g/mol. The molecule has 0 radical (unpaired) electrons. The highest BCUT2D eigenvalue weighted by Gasteiger charge is 2.29. The van der Waals surface area contributed by atoms with E-state index in [9.17, 15) is 8.42 Å². The van der Waals surface area contributed by atoms with Crippen LogP contribution < -0.4 is 10.0 Å². The number of fused-ring (bicyclic) bond motifs is 2. The molecule has 1 aliphatic rings. The molecule has 1 aliphatic heterocycles. The van der Waals surface area contributed by atoms with E-state index in [4.69, 9.17) is 4.42 Å². The predicted octanol–water partition coefficient (Wildman–Crippen LogP) is 2.24. The summed E-state index contributed by atoms with van der Waals surface area (Å²) in [6.45, 7) is 6.49. The van der Waals surface area contributed by atoms with Crippen LogP contribution in [0.4, 0.5) is 0 Å². The number of aromatic nitrogens is 3. The van der Waals surface area contributed by atoms with Crippen LogP contribution in [-0.2, 0) is 23.0 Å². The van der Waals surface area contributed by atoms with Crippen molar-refractivity contribution in [1.82, 2.24) is 24.8 Å². The fourth-order valence-electron chi connectivity index (χ4n) is 3.56. The van der Waals surface area contributed by atoms with E-state index in [0.717, 1.165) is 37.3 Å². The minimum Gasteiger partial charge on any atom is -0.443 e. The van der Waals surface area contributed by atoms with Crippen LogP contribution >= 0.6 is 0 Å². The van der Waals surface area contributed by atoms with Gasteiger partial charge in [-0.15, -0.1) is 10.2 Å². The molecular formula is C19H25N5O3S. The Labute approximate surface area is 164 Å². The average molecular weight is 404 g/mol. The van der Waals surface area contributed by atoms with Crippen LogP contribution in [0.3, 0.4) is 0 Å². The van der Waals surface area contributed by atoms with E-state index < -0.39 is 16.1 Å². The van der Waals surface area contributed by atoms with Crippen molar-refractivity contribution in [1.29, 1.82) is 0 Å². The van der Waals surface area contributed by atoms with Gasteiger partial charge in [0, 0.05) is 37.5 Å². The summed E-state index contributed by atoms with van der Waals surface area (Å²) in [5, 5.41) is 12.6. The lowest BCUT2D eigenvalue weighted by atomic mass is 10.0. The maximum Gasteiger partial charge on any atom is 0.274 e. The molecule has 150 valence electrons. The number of rotatable bonds is 6. The molecule has 28 heavy (non-hydrogen) atoms. The quantitative estimate of drug-likeness (QED) is 0.654. The minimum atomic E-state index is -3.84. The third-order valence-corrected chi connectivity index (χ3v) is 6.20. The smallest absolute Gasteiger partial charge is 0.274 e. The predicted molar refractivity (Wildman–Crippen MR) is 105 cm³/mol. The van der Waals surface area contributed by atoms with Crippen LogP contribution in [0.25, 0.3) is 11.0 Å². The van der Waals surface area contributed by atoms with Crippen molar-refractivity contribution in [3.8, 4) is 0 Å². The number of hydrogen-bond acceptors (Lipinski definition) is 6. The van der Waals surface area contributed by atoms with Crippen molar-refractivity contribution >= 4 is 21.0 Å². The van der Waals surface area contributed by atoms with Crippen LogP contribution in [0.5, 0.6) is 0 Å². The summed E-state index contributed by atoms with van der Waals surface area (Å²) >= 11 is 0. The molecule has 0 spiro atoms. The summed E-state index contributed by atoms with van der Waals surface area (Å²) in [5.74, 6) is 1.82. The zero-order valence-corrected chi connectivity index (χ0v) is 16.9. The Morgan fingerprint density at radius 1 is 1.25 bits per heavy atom. The van der Waals surface area contributed by atoms with Gasteiger partial charge in [0.05, 0.1) is 6.04 Å². The number of sulfonamides is 1. The Hall–Kier alpha value is -2.23. The largest absolute Gasteiger partial charge is 0.443 e. The van der Waals surface area contributed by atoms with Crippen LogP contribution in [-0.4, -0.2) is 36.3 Å². The molecular weight excluding hydrogens is 378 g/mol. The minimum absolute atomic E-state index is 0.0836. The van der Waals surface area contributed by atoms with Crippen LogP contribution in [0.15, 0.2) is 39.8 Å². The number of nitrogens with zero attached hydrogens (tertiary/aromatic N) is 3. The number of para-hydroxylation sites is 1. The lowest BCUT2D eigenvalue weighted by Crippen LogP contribution is -2.32. The zero-order valence-electron chi connectivity index (χ0n) is 16.1. The molecule has 1 atom stereocenters. The second-order valence-electron chi connectivity index (χ2n) is 7.53. The third kappa shape index (κ3) is 3.82. The molecule has 0 unspecified atom stereocenters. The highest BCUT2D eigenvalue weighted by atomic mass is 32.2. The first-order chi connectivity index (χ1) is 13.4. The fourth-order valence-corrected chi connectivity index (χ4v) is 4.74. The van der Waals surface area contributed by atoms with E-state index in [-0.39, 0.29) is 11.0 Å². The summed E-state index contributed by atoms with van der Waals surface area (Å²) in [6, 6.07) is 8.33. The Morgan fingerprint density at radius 3 is 2.86 bits per heavy atom. The number of furan rings is 1. The van der Waals surface area contributed by atoms with E-state index in [1.165, 1.54) is 0 Å². The Bertz CT molecular complexity index is 1040. The van der Waals surface area contributed by atoms with Gasteiger partial charge in [-0.1, -0.05) is 32.0 Å². The van der Waals surface area contributed by atoms with Gasteiger partial charge in [0.25, 0.3) is 10.0 Å². The molecule has 2 N–H and O–H groups in total. The van der Waals surface area contributed by atoms with Gasteiger partial charge < -0.3 is 14.3 Å². The van der Waals surface area contributed by atoms with Crippen LogP contribution in [0.1, 0.15) is 38.0 Å². The maximum atomic E-state index is 13.1. The summed E-state index contributed by atoms with van der Waals surface area (Å²) in [4.78, 5) is 0. The molecule has 1 aromatic carbocycles. The van der Waals surface area contributed by atoms with Gasteiger partial charge >= 0.3 is 0 Å². The molecule has 4 rings (SSSR count). The lowest BCUT2D eigenvalue weighted by molar-refractivity contribution is 0.425. The van der Waals surface area contributed by atoms with Gasteiger partial charge in [0.1, 0.15) is 11.4 Å². The van der Waals surface area contributed by atoms with Gasteiger partial charge in [0.15, 0.2) is 5.82 Å². The number of benzene rings is 1. The highest BCUT2D eigenvalue weighted by Crippen LogP contribution is 2.27. The number of hydrogen-bond donors (Lipinski definition) is 2. The van der Waals surface area contributed by atoms with E-state index >= 15 is 0 Å². The third-order valence-electron chi connectivity index (χ3n) is 4.88. The van der Waals surface area contributed by atoms with Gasteiger partial charge in [0.2, 0.25) is 5.09 Å². The van der Waals surface area contributed by atoms with Crippen LogP contribution in [0.2, 0.25) is 0 Å². The molecule has 0 bridgehead atoms. The Morgan fingerprint density at radius 2 is 2.07 bits per heavy atom. The second kappa shape index (κ2) is 7.65. The Kier molecular flexibility index (Phi) is 5.22. The summed E-state index contributed by atoms with van der Waals surface area (Å²) in [7, 11) is -3.84. The molecule has 3 heterocycles. The molecule has 2 aromatic heterocycles. The first kappa shape index (κ1) is 19.1. The van der Waals surface area contributed by atoms with Crippen molar-refractivity contribution in [3.05, 3.63) is 42.0 Å². The highest BCUT2D eigenvalue weighted by molar-refractivity contribution is 7.89. The molecule has 0 fully saturated rings. The Balaban J connectivity index is 1.67. The van der Waals surface area contributed by atoms with Gasteiger partial charge in [-0.25, -0.2) is 8.42 Å². The first-order valence-electron chi connectivity index (χ1n) is 9.57. The first-order valence-corrected chi connectivity index (χ1v) is 11.1. The fraction of sp³-hybridized carbons (Fsp3) is 0.474. The standard InChI is InChI=1S/C19H25N5O3S/c1-13(2)11-15(19-22-21-17-7-8-20-9-10-24(17)19)23-28(25,26)18-12-14-5-3-4-6-16(14)27-18/h3-6,12-13,15,20,23H,7-11H2,1-2H3/t15-/m1/s1. The van der Waals surface area contributed by atoms with Gasteiger partial charge in [-0.2, -0.15) is 4.72 Å². The van der Waals surface area contributed by atoms with Gasteiger partial charge in [-0.3, -0.25) is 0 Å². The molecule has 0 saturated heterocycles. The van der Waals surface area contributed by atoms with E-state index in [0.29, 0.717) is 17.8 Å². The van der Waals surface area contributed by atoms with E-state index in [2.05, 4.69) is 34.1 Å². The van der Waals surface area contributed by atoms with Gasteiger partial charge in [-0.05, 0) is 18.4 Å². The molecule has 0 saturated carbocycles. The van der Waals surface area contributed by atoms with E-state index in [1.54, 1.807) is 12.1 Å². The molecule has 8 nitrogen and oxygen atoms in total. The summed E-state index contributed by atoms with van der Waals surface area (Å²) < 4.78 is 36.5. The topological polar surface area (TPSA) is 102 Å². The summed E-state index contributed by atoms with van der Waals surface area (Å²) in [6.07, 6.45) is 1.39. The molecule has 0 amide bonds. The van der Waals surface area contributed by atoms with Crippen molar-refractivity contribution in [3.63, 3.8) is 0 Å². The molecule has 9 heteroatoms. The second-order valence-corrected chi connectivity index (χ2v) is 9.18. The normalized spacial score (nSPS) is 16.2. The lowest BCUT2D eigenvalue weighted by Gasteiger charge is -2.20. The van der Waals surface area contributed by atoms with Crippen molar-refractivity contribution in [2.24, 2.45) is 5.92 Å². The molecule has 3 aromatic rings. The van der Waals surface area contributed by atoms with Crippen molar-refractivity contribution in [2.45, 2.75) is 44.4 Å². The maximum absolute atomic E-state index is 13.1. The number of nitrogens with one attached hydrogen (secondary N) is 2. The van der Waals surface area contributed by atoms with E-state index in [1.807, 2.05) is 22.8 Å².